The molecule has 0 fully saturated rings. The summed E-state index contributed by atoms with van der Waals surface area (Å²) in [6, 6.07) is 2.08. The minimum Gasteiger partial charge on any atom is -0.306 e. The Hall–Kier alpha value is -1.57. The van der Waals surface area contributed by atoms with Crippen molar-refractivity contribution in [1.29, 1.82) is 0 Å². The molecular formula is C10H10N2. The zero-order valence-electron chi connectivity index (χ0n) is 6.99. The second-order valence-corrected chi connectivity index (χ2v) is 2.84. The van der Waals surface area contributed by atoms with E-state index in [0.717, 1.165) is 11.2 Å². The molecule has 12 heavy (non-hydrogen) atoms. The standard InChI is InChI=1S/C10H10N2/c1-3-9-6-8(2)7-12-5-4-11-10(9)12/h3-7H,1H2,2H3. The molecule has 0 unspecified atom stereocenters. The van der Waals surface area contributed by atoms with Gasteiger partial charge in [-0.15, -0.1) is 0 Å². The lowest BCUT2D eigenvalue weighted by Gasteiger charge is -1.99. The van der Waals surface area contributed by atoms with E-state index in [9.17, 15) is 0 Å². The van der Waals surface area contributed by atoms with Crippen LogP contribution in [-0.2, 0) is 0 Å². The van der Waals surface area contributed by atoms with Crippen molar-refractivity contribution in [2.75, 3.05) is 0 Å². The molecule has 0 aliphatic heterocycles. The van der Waals surface area contributed by atoms with E-state index >= 15 is 0 Å². The van der Waals surface area contributed by atoms with Crippen LogP contribution in [0, 0.1) is 6.92 Å². The molecule has 0 amide bonds. The summed E-state index contributed by atoms with van der Waals surface area (Å²) in [5.74, 6) is 0. The lowest BCUT2D eigenvalue weighted by atomic mass is 10.2. The third-order valence-corrected chi connectivity index (χ3v) is 1.87. The van der Waals surface area contributed by atoms with Crippen molar-refractivity contribution in [3.05, 3.63) is 42.4 Å². The average Bonchev–Trinajstić information content (AvgIpc) is 2.50. The maximum atomic E-state index is 4.22. The summed E-state index contributed by atoms with van der Waals surface area (Å²) in [4.78, 5) is 4.22. The summed E-state index contributed by atoms with van der Waals surface area (Å²) in [5.41, 5.74) is 3.27. The highest BCUT2D eigenvalue weighted by Gasteiger charge is 1.98. The fourth-order valence-electron chi connectivity index (χ4n) is 1.36. The maximum Gasteiger partial charge on any atom is 0.143 e. The molecule has 0 aromatic carbocycles. The van der Waals surface area contributed by atoms with Crippen molar-refractivity contribution >= 4 is 11.7 Å². The van der Waals surface area contributed by atoms with Crippen molar-refractivity contribution in [1.82, 2.24) is 9.38 Å². The van der Waals surface area contributed by atoms with E-state index in [1.807, 2.05) is 16.7 Å². The number of aryl methyl sites for hydroxylation is 1. The van der Waals surface area contributed by atoms with E-state index in [-0.39, 0.29) is 0 Å². The van der Waals surface area contributed by atoms with Gasteiger partial charge >= 0.3 is 0 Å². The summed E-state index contributed by atoms with van der Waals surface area (Å²) in [6.45, 7) is 5.81. The first-order chi connectivity index (χ1) is 5.81. The fraction of sp³-hybridized carbons (Fsp3) is 0.100. The minimum atomic E-state index is 0.968. The van der Waals surface area contributed by atoms with E-state index in [1.54, 1.807) is 6.20 Å². The van der Waals surface area contributed by atoms with Crippen molar-refractivity contribution in [3.63, 3.8) is 0 Å². The highest BCUT2D eigenvalue weighted by atomic mass is 15.0. The van der Waals surface area contributed by atoms with Gasteiger partial charge < -0.3 is 4.40 Å². The Kier molecular flexibility index (Phi) is 1.47. The topological polar surface area (TPSA) is 17.3 Å². The van der Waals surface area contributed by atoms with Gasteiger partial charge in [-0.3, -0.25) is 0 Å². The van der Waals surface area contributed by atoms with Crippen molar-refractivity contribution < 1.29 is 0 Å². The van der Waals surface area contributed by atoms with Gasteiger partial charge in [0.05, 0.1) is 0 Å². The molecule has 0 saturated heterocycles. The predicted octanol–water partition coefficient (Wildman–Crippen LogP) is 2.29. The molecule has 2 heteroatoms. The van der Waals surface area contributed by atoms with E-state index in [2.05, 4.69) is 30.7 Å². The van der Waals surface area contributed by atoms with Crippen LogP contribution in [-0.4, -0.2) is 9.38 Å². The van der Waals surface area contributed by atoms with Crippen LogP contribution in [0.3, 0.4) is 0 Å². The molecule has 0 aliphatic rings. The number of fused-ring (bicyclic) bond motifs is 1. The van der Waals surface area contributed by atoms with Gasteiger partial charge in [0, 0.05) is 24.2 Å². The van der Waals surface area contributed by atoms with Crippen LogP contribution in [0.5, 0.6) is 0 Å². The largest absolute Gasteiger partial charge is 0.306 e. The second kappa shape index (κ2) is 2.48. The molecule has 2 rings (SSSR count). The fourth-order valence-corrected chi connectivity index (χ4v) is 1.36. The molecule has 2 nitrogen and oxygen atoms in total. The van der Waals surface area contributed by atoms with Gasteiger partial charge in [-0.2, -0.15) is 0 Å². The van der Waals surface area contributed by atoms with E-state index in [1.165, 1.54) is 5.56 Å². The summed E-state index contributed by atoms with van der Waals surface area (Å²) < 4.78 is 2.01. The Morgan fingerprint density at radius 2 is 2.42 bits per heavy atom. The van der Waals surface area contributed by atoms with Crippen LogP contribution in [0.25, 0.3) is 11.7 Å². The summed E-state index contributed by atoms with van der Waals surface area (Å²) in [6.07, 6.45) is 7.61. The second-order valence-electron chi connectivity index (χ2n) is 2.84. The van der Waals surface area contributed by atoms with E-state index < -0.39 is 0 Å². The number of hydrogen-bond acceptors (Lipinski definition) is 1. The minimum absolute atomic E-state index is 0.968. The first-order valence-electron chi connectivity index (χ1n) is 3.87. The third kappa shape index (κ3) is 0.925. The van der Waals surface area contributed by atoms with Gasteiger partial charge in [0.25, 0.3) is 0 Å². The van der Waals surface area contributed by atoms with Gasteiger partial charge in [-0.05, 0) is 18.6 Å². The summed E-state index contributed by atoms with van der Waals surface area (Å²) in [7, 11) is 0. The van der Waals surface area contributed by atoms with E-state index in [0.29, 0.717) is 0 Å². The molecule has 0 atom stereocenters. The van der Waals surface area contributed by atoms with Gasteiger partial charge in [0.15, 0.2) is 0 Å². The molecule has 60 valence electrons. The van der Waals surface area contributed by atoms with Crippen molar-refractivity contribution in [2.45, 2.75) is 6.92 Å². The molecule has 0 N–H and O–H groups in total. The van der Waals surface area contributed by atoms with Crippen molar-refractivity contribution in [2.24, 2.45) is 0 Å². The lowest BCUT2D eigenvalue weighted by molar-refractivity contribution is 1.15. The van der Waals surface area contributed by atoms with Gasteiger partial charge in [-0.25, -0.2) is 4.98 Å². The number of rotatable bonds is 1. The Morgan fingerprint density at radius 3 is 3.17 bits per heavy atom. The van der Waals surface area contributed by atoms with Crippen LogP contribution in [0.1, 0.15) is 11.1 Å². The number of imidazole rings is 1. The maximum absolute atomic E-state index is 4.22. The number of aromatic nitrogens is 2. The Morgan fingerprint density at radius 1 is 1.58 bits per heavy atom. The highest BCUT2D eigenvalue weighted by molar-refractivity contribution is 5.64. The molecule has 0 spiro atoms. The molecule has 0 radical (unpaired) electrons. The van der Waals surface area contributed by atoms with Gasteiger partial charge in [-0.1, -0.05) is 12.7 Å². The Balaban J connectivity index is 2.88. The molecule has 2 aromatic rings. The zero-order chi connectivity index (χ0) is 8.55. The Bertz CT molecular complexity index is 426. The smallest absolute Gasteiger partial charge is 0.143 e. The average molecular weight is 158 g/mol. The number of hydrogen-bond donors (Lipinski definition) is 0. The molecule has 2 aromatic heterocycles. The van der Waals surface area contributed by atoms with Crippen LogP contribution in [0.2, 0.25) is 0 Å². The number of pyridine rings is 1. The lowest BCUT2D eigenvalue weighted by Crippen LogP contribution is -1.88. The Labute approximate surface area is 71.2 Å². The van der Waals surface area contributed by atoms with Gasteiger partial charge in [0.1, 0.15) is 5.65 Å². The zero-order valence-corrected chi connectivity index (χ0v) is 6.99. The molecule has 0 bridgehead atoms. The van der Waals surface area contributed by atoms with Crippen LogP contribution >= 0.6 is 0 Å². The SMILES string of the molecule is C=Cc1cc(C)cn2ccnc12. The third-order valence-electron chi connectivity index (χ3n) is 1.87. The van der Waals surface area contributed by atoms with Crippen molar-refractivity contribution in [3.8, 4) is 0 Å². The van der Waals surface area contributed by atoms with Crippen LogP contribution in [0.4, 0.5) is 0 Å². The molecule has 0 saturated carbocycles. The molecule has 0 aliphatic carbocycles. The highest BCUT2D eigenvalue weighted by Crippen LogP contribution is 2.12. The number of nitrogens with zero attached hydrogens (tertiary/aromatic N) is 2. The quantitative estimate of drug-likeness (QED) is 0.622. The first-order valence-corrected chi connectivity index (χ1v) is 3.87. The normalized spacial score (nSPS) is 10.4. The predicted molar refractivity (Wildman–Crippen MR) is 50.0 cm³/mol. The van der Waals surface area contributed by atoms with E-state index in [4.69, 9.17) is 0 Å². The van der Waals surface area contributed by atoms with Gasteiger partial charge in [0.2, 0.25) is 0 Å². The van der Waals surface area contributed by atoms with Crippen LogP contribution < -0.4 is 0 Å². The summed E-state index contributed by atoms with van der Waals surface area (Å²) in [5, 5.41) is 0. The molecule has 2 heterocycles. The summed E-state index contributed by atoms with van der Waals surface area (Å²) >= 11 is 0. The molecular weight excluding hydrogens is 148 g/mol. The first kappa shape index (κ1) is 7.10. The monoisotopic (exact) mass is 158 g/mol. The van der Waals surface area contributed by atoms with Crippen LogP contribution in [0.15, 0.2) is 31.2 Å².